The predicted octanol–water partition coefficient (Wildman–Crippen LogP) is 11.4. The quantitative estimate of drug-likeness (QED) is 0.0349. The molecule has 1 amide bonds. The Balaban J connectivity index is 4.83. The first-order valence-electron chi connectivity index (χ1n) is 20.6. The van der Waals surface area contributed by atoms with Crippen LogP contribution in [0, 0.1) is 0 Å². The number of amides is 1. The van der Waals surface area contributed by atoms with Crippen molar-refractivity contribution >= 4 is 11.9 Å². The normalized spacial score (nSPS) is 14.5. The Kier molecular flexibility index (Phi) is 36.6. The summed E-state index contributed by atoms with van der Waals surface area (Å²) in [4.78, 5) is 25.8. The second-order valence-corrected chi connectivity index (χ2v) is 13.5. The summed E-state index contributed by atoms with van der Waals surface area (Å²) in [6.07, 6.45) is 50.5. The van der Waals surface area contributed by atoms with Gasteiger partial charge in [0.15, 0.2) is 0 Å². The molecular weight excluding hydrogens is 647 g/mol. The maximum absolute atomic E-state index is 13.0. The number of allylic oxidation sites excluding steroid dienone is 16. The highest BCUT2D eigenvalue weighted by Crippen LogP contribution is 2.16. The number of esters is 1. The van der Waals surface area contributed by atoms with Crippen LogP contribution < -0.4 is 5.32 Å². The molecule has 0 aliphatic carbocycles. The van der Waals surface area contributed by atoms with Crippen molar-refractivity contribution in [1.82, 2.24) is 5.32 Å². The van der Waals surface area contributed by atoms with Crippen molar-refractivity contribution in [2.45, 2.75) is 174 Å². The van der Waals surface area contributed by atoms with Gasteiger partial charge in [0.2, 0.25) is 5.91 Å². The van der Waals surface area contributed by atoms with Crippen molar-refractivity contribution in [1.29, 1.82) is 0 Å². The third-order valence-electron chi connectivity index (χ3n) is 8.60. The molecule has 0 aromatic heterocycles. The van der Waals surface area contributed by atoms with E-state index in [0.717, 1.165) is 64.2 Å². The monoisotopic (exact) mass is 722 g/mol. The van der Waals surface area contributed by atoms with Gasteiger partial charge in [0.1, 0.15) is 6.10 Å². The number of aliphatic hydroxyl groups is 2. The molecule has 0 heterocycles. The van der Waals surface area contributed by atoms with Crippen LogP contribution in [0.5, 0.6) is 0 Å². The van der Waals surface area contributed by atoms with E-state index in [9.17, 15) is 19.8 Å². The average molecular weight is 722 g/mol. The Morgan fingerprint density at radius 2 is 1.04 bits per heavy atom. The van der Waals surface area contributed by atoms with E-state index in [1.165, 1.54) is 38.5 Å². The molecule has 3 atom stereocenters. The molecular formula is C46H75NO5. The molecule has 3 N–H and O–H groups in total. The van der Waals surface area contributed by atoms with Gasteiger partial charge in [0.25, 0.3) is 0 Å². The van der Waals surface area contributed by atoms with E-state index < -0.39 is 18.2 Å². The summed E-state index contributed by atoms with van der Waals surface area (Å²) in [7, 11) is 0. The highest BCUT2D eigenvalue weighted by atomic mass is 16.5. The molecule has 0 saturated carbocycles. The SMILES string of the molecule is CC/C=C/C=C/C=C\C=C/C=C/CCCC(=O)OC(CCCCC\C=C/C=C/C=C/CC)CC(=O)NC(CO)C(O)CCCCCCCCCCC. The lowest BCUT2D eigenvalue weighted by Crippen LogP contribution is -2.46. The molecule has 0 aliphatic heterocycles. The Bertz CT molecular complexity index is 1080. The van der Waals surface area contributed by atoms with Crippen molar-refractivity contribution in [3.05, 3.63) is 97.2 Å². The van der Waals surface area contributed by atoms with E-state index in [4.69, 9.17) is 4.74 Å². The molecule has 294 valence electrons. The van der Waals surface area contributed by atoms with Gasteiger partial charge in [-0.1, -0.05) is 182 Å². The van der Waals surface area contributed by atoms with Gasteiger partial charge in [-0.05, 0) is 57.8 Å². The summed E-state index contributed by atoms with van der Waals surface area (Å²) in [6, 6.07) is -0.730. The first-order valence-corrected chi connectivity index (χ1v) is 20.6. The minimum absolute atomic E-state index is 0.0191. The third kappa shape index (κ3) is 33.9. The van der Waals surface area contributed by atoms with E-state index in [-0.39, 0.29) is 31.3 Å². The number of ether oxygens (including phenoxy) is 1. The van der Waals surface area contributed by atoms with Crippen LogP contribution in [0.15, 0.2) is 97.2 Å². The van der Waals surface area contributed by atoms with Crippen molar-refractivity contribution in [3.63, 3.8) is 0 Å². The fourth-order valence-electron chi connectivity index (χ4n) is 5.52. The van der Waals surface area contributed by atoms with Gasteiger partial charge in [-0.3, -0.25) is 9.59 Å². The molecule has 0 fully saturated rings. The number of hydrogen-bond acceptors (Lipinski definition) is 5. The molecule has 0 aromatic rings. The van der Waals surface area contributed by atoms with Crippen LogP contribution in [-0.2, 0) is 14.3 Å². The lowest BCUT2D eigenvalue weighted by atomic mass is 10.0. The first-order chi connectivity index (χ1) is 25.5. The number of rotatable bonds is 34. The van der Waals surface area contributed by atoms with Crippen LogP contribution >= 0.6 is 0 Å². The first kappa shape index (κ1) is 48.8. The van der Waals surface area contributed by atoms with Gasteiger partial charge in [0, 0.05) is 6.42 Å². The third-order valence-corrected chi connectivity index (χ3v) is 8.60. The molecule has 3 unspecified atom stereocenters. The number of unbranched alkanes of at least 4 members (excludes halogenated alkanes) is 12. The minimum Gasteiger partial charge on any atom is -0.462 e. The number of hydrogen-bond donors (Lipinski definition) is 3. The number of carbonyl (C=O) groups is 2. The zero-order valence-corrected chi connectivity index (χ0v) is 33.1. The number of aliphatic hydroxyl groups excluding tert-OH is 2. The fraction of sp³-hybridized carbons (Fsp3) is 0.609. The van der Waals surface area contributed by atoms with Crippen LogP contribution in [0.3, 0.4) is 0 Å². The summed E-state index contributed by atoms with van der Waals surface area (Å²) in [5.74, 6) is -0.615. The molecule has 0 radical (unpaired) electrons. The molecule has 0 rings (SSSR count). The zero-order valence-electron chi connectivity index (χ0n) is 33.1. The largest absolute Gasteiger partial charge is 0.462 e. The Morgan fingerprint density at radius 3 is 1.58 bits per heavy atom. The summed E-state index contributed by atoms with van der Waals surface area (Å²) in [5.41, 5.74) is 0. The molecule has 0 aromatic carbocycles. The van der Waals surface area contributed by atoms with Gasteiger partial charge in [0.05, 0.1) is 25.2 Å². The molecule has 0 spiro atoms. The van der Waals surface area contributed by atoms with Gasteiger partial charge >= 0.3 is 5.97 Å². The van der Waals surface area contributed by atoms with Crippen molar-refractivity contribution in [2.75, 3.05) is 6.61 Å². The lowest BCUT2D eigenvalue weighted by molar-refractivity contribution is -0.151. The van der Waals surface area contributed by atoms with Crippen molar-refractivity contribution in [3.8, 4) is 0 Å². The van der Waals surface area contributed by atoms with Crippen LogP contribution in [-0.4, -0.2) is 46.9 Å². The zero-order chi connectivity index (χ0) is 38.2. The van der Waals surface area contributed by atoms with E-state index in [1.807, 2.05) is 72.9 Å². The Hall–Kier alpha value is -3.22. The van der Waals surface area contributed by atoms with Gasteiger partial charge in [-0.2, -0.15) is 0 Å². The van der Waals surface area contributed by atoms with Crippen molar-refractivity contribution < 1.29 is 24.5 Å². The van der Waals surface area contributed by atoms with Crippen LogP contribution in [0.1, 0.15) is 156 Å². The van der Waals surface area contributed by atoms with Crippen LogP contribution in [0.4, 0.5) is 0 Å². The maximum atomic E-state index is 13.0. The predicted molar refractivity (Wildman–Crippen MR) is 222 cm³/mol. The molecule has 52 heavy (non-hydrogen) atoms. The number of nitrogens with one attached hydrogen (secondary N) is 1. The average Bonchev–Trinajstić information content (AvgIpc) is 3.13. The molecule has 0 saturated heterocycles. The van der Waals surface area contributed by atoms with E-state index in [1.54, 1.807) is 0 Å². The Labute approximate surface area is 318 Å². The molecule has 6 heteroatoms. The van der Waals surface area contributed by atoms with Gasteiger partial charge in [-0.25, -0.2) is 0 Å². The minimum atomic E-state index is -0.811. The molecule has 6 nitrogen and oxygen atoms in total. The van der Waals surface area contributed by atoms with Crippen LogP contribution in [0.25, 0.3) is 0 Å². The summed E-state index contributed by atoms with van der Waals surface area (Å²) < 4.78 is 5.82. The van der Waals surface area contributed by atoms with Crippen molar-refractivity contribution in [2.24, 2.45) is 0 Å². The summed E-state index contributed by atoms with van der Waals surface area (Å²) in [5, 5.41) is 23.5. The topological polar surface area (TPSA) is 95.9 Å². The lowest BCUT2D eigenvalue weighted by Gasteiger charge is -2.24. The Morgan fingerprint density at radius 1 is 0.577 bits per heavy atom. The highest BCUT2D eigenvalue weighted by Gasteiger charge is 2.23. The second-order valence-electron chi connectivity index (χ2n) is 13.5. The van der Waals surface area contributed by atoms with Crippen LogP contribution in [0.2, 0.25) is 0 Å². The van der Waals surface area contributed by atoms with Gasteiger partial charge in [-0.15, -0.1) is 0 Å². The maximum Gasteiger partial charge on any atom is 0.306 e. The van der Waals surface area contributed by atoms with Gasteiger partial charge < -0.3 is 20.3 Å². The highest BCUT2D eigenvalue weighted by molar-refractivity contribution is 5.77. The van der Waals surface area contributed by atoms with E-state index in [2.05, 4.69) is 50.4 Å². The van der Waals surface area contributed by atoms with E-state index in [0.29, 0.717) is 19.3 Å². The standard InChI is InChI=1S/C46H75NO5/c1-4-7-10-13-16-19-21-22-24-27-30-33-36-39-46(51)52-42(37-34-31-28-26-23-20-17-14-11-8-5-2)40-45(50)47-43(41-48)44(49)38-35-32-29-25-18-15-12-9-6-3/h7-8,10-11,13-14,16-17,19-24,27,30,42-44,48-49H,4-6,9,12,15,18,25-26,28-29,31-41H2,1-3H3,(H,47,50)/b10-7+,11-8+,16-13+,17-14+,21-19-,23-20-,24-22-,30-27+. The smallest absolute Gasteiger partial charge is 0.306 e. The molecule has 0 aliphatic rings. The van der Waals surface area contributed by atoms with E-state index >= 15 is 0 Å². The fourth-order valence-corrected chi connectivity index (χ4v) is 5.52. The second kappa shape index (κ2) is 39.0. The molecule has 0 bridgehead atoms. The summed E-state index contributed by atoms with van der Waals surface area (Å²) in [6.45, 7) is 6.11. The number of carbonyl (C=O) groups excluding carboxylic acids is 2. The summed E-state index contributed by atoms with van der Waals surface area (Å²) >= 11 is 0.